The van der Waals surface area contributed by atoms with Gasteiger partial charge in [-0.1, -0.05) is 30.3 Å². The fourth-order valence-electron chi connectivity index (χ4n) is 0.883. The highest BCUT2D eigenvalue weighted by molar-refractivity contribution is 6.04. The van der Waals surface area contributed by atoms with Gasteiger partial charge in [0, 0.05) is 11.6 Å². The number of halogens is 4. The highest BCUT2D eigenvalue weighted by atomic mass is 19.4. The van der Waals surface area contributed by atoms with Gasteiger partial charge in [-0.05, 0) is 0 Å². The van der Waals surface area contributed by atoms with Crippen molar-refractivity contribution in [3.63, 3.8) is 0 Å². The van der Waals surface area contributed by atoms with Crippen LogP contribution in [0.1, 0.15) is 10.4 Å². The molecule has 15 heavy (non-hydrogen) atoms. The van der Waals surface area contributed by atoms with Gasteiger partial charge in [0.05, 0.1) is 0 Å². The Bertz CT molecular complexity index is 378. The van der Waals surface area contributed by atoms with E-state index in [0.29, 0.717) is 0 Å². The first kappa shape index (κ1) is 11.4. The second-order valence-electron chi connectivity index (χ2n) is 2.72. The van der Waals surface area contributed by atoms with Crippen LogP contribution in [0.15, 0.2) is 42.2 Å². The molecule has 0 saturated heterocycles. The van der Waals surface area contributed by atoms with Gasteiger partial charge in [0.15, 0.2) is 5.78 Å². The Balaban J connectivity index is 2.90. The van der Waals surface area contributed by atoms with Crippen LogP contribution in [0.25, 0.3) is 0 Å². The van der Waals surface area contributed by atoms with E-state index in [1.807, 2.05) is 0 Å². The fraction of sp³-hybridized carbons (Fsp3) is 0.100. The molecule has 0 aliphatic carbocycles. The van der Waals surface area contributed by atoms with Crippen LogP contribution in [0.4, 0.5) is 17.6 Å². The third kappa shape index (κ3) is 3.19. The molecule has 0 bridgehead atoms. The average molecular weight is 218 g/mol. The predicted octanol–water partition coefficient (Wildman–Crippen LogP) is 3.29. The minimum Gasteiger partial charge on any atom is -0.289 e. The number of benzene rings is 1. The summed E-state index contributed by atoms with van der Waals surface area (Å²) in [6.45, 7) is 0. The zero-order chi connectivity index (χ0) is 11.5. The third-order valence-electron chi connectivity index (χ3n) is 1.59. The summed E-state index contributed by atoms with van der Waals surface area (Å²) in [5.74, 6) is -3.40. The standard InChI is InChI=1S/C10H6F4O/c11-9(10(12,13)14)6-8(15)7-4-2-1-3-5-7/h1-6H/b9-6+. The molecule has 0 radical (unpaired) electrons. The molecule has 0 aromatic heterocycles. The SMILES string of the molecule is O=C(/C=C(/F)C(F)(F)F)c1ccccc1. The van der Waals surface area contributed by atoms with Gasteiger partial charge in [0.25, 0.3) is 0 Å². The number of hydrogen-bond donors (Lipinski definition) is 0. The van der Waals surface area contributed by atoms with E-state index in [1.165, 1.54) is 24.3 Å². The molecule has 0 atom stereocenters. The summed E-state index contributed by atoms with van der Waals surface area (Å²) < 4.78 is 47.6. The van der Waals surface area contributed by atoms with E-state index >= 15 is 0 Å². The Morgan fingerprint density at radius 2 is 1.67 bits per heavy atom. The van der Waals surface area contributed by atoms with Gasteiger partial charge in [-0.25, -0.2) is 4.39 Å². The number of ketones is 1. The lowest BCUT2D eigenvalue weighted by Crippen LogP contribution is -2.10. The molecule has 1 aromatic carbocycles. The van der Waals surface area contributed by atoms with Crippen molar-refractivity contribution in [3.8, 4) is 0 Å². The lowest BCUT2D eigenvalue weighted by atomic mass is 10.1. The predicted molar refractivity (Wildman–Crippen MR) is 46.0 cm³/mol. The zero-order valence-corrected chi connectivity index (χ0v) is 7.38. The van der Waals surface area contributed by atoms with Crippen LogP contribution in [0.5, 0.6) is 0 Å². The largest absolute Gasteiger partial charge is 0.443 e. The highest BCUT2D eigenvalue weighted by Crippen LogP contribution is 2.26. The second kappa shape index (κ2) is 4.25. The maximum atomic E-state index is 12.4. The monoisotopic (exact) mass is 218 g/mol. The summed E-state index contributed by atoms with van der Waals surface area (Å²) in [5, 5.41) is 0. The smallest absolute Gasteiger partial charge is 0.289 e. The molecular weight excluding hydrogens is 212 g/mol. The molecule has 0 spiro atoms. The van der Waals surface area contributed by atoms with E-state index in [4.69, 9.17) is 0 Å². The van der Waals surface area contributed by atoms with Gasteiger partial charge >= 0.3 is 6.18 Å². The summed E-state index contributed by atoms with van der Waals surface area (Å²) in [7, 11) is 0. The van der Waals surface area contributed by atoms with Gasteiger partial charge in [-0.15, -0.1) is 0 Å². The van der Waals surface area contributed by atoms with Crippen molar-refractivity contribution in [1.29, 1.82) is 0 Å². The Labute approximate surface area is 83.0 Å². The molecule has 80 valence electrons. The number of allylic oxidation sites excluding steroid dienone is 2. The molecule has 1 aromatic rings. The molecule has 0 fully saturated rings. The van der Waals surface area contributed by atoms with Crippen LogP contribution in [-0.2, 0) is 0 Å². The van der Waals surface area contributed by atoms with Gasteiger partial charge in [-0.3, -0.25) is 4.79 Å². The molecule has 0 saturated carbocycles. The maximum absolute atomic E-state index is 12.4. The first-order valence-corrected chi connectivity index (χ1v) is 3.95. The normalized spacial score (nSPS) is 12.7. The van der Waals surface area contributed by atoms with Crippen molar-refractivity contribution >= 4 is 5.78 Å². The van der Waals surface area contributed by atoms with Crippen LogP contribution in [0.3, 0.4) is 0 Å². The average Bonchev–Trinajstić information content (AvgIpc) is 2.17. The first-order chi connectivity index (χ1) is 6.91. The molecular formula is C10H6F4O. The Morgan fingerprint density at radius 1 is 1.13 bits per heavy atom. The number of hydrogen-bond acceptors (Lipinski definition) is 1. The molecule has 0 unspecified atom stereocenters. The lowest BCUT2D eigenvalue weighted by Gasteiger charge is -2.01. The maximum Gasteiger partial charge on any atom is 0.443 e. The van der Waals surface area contributed by atoms with Crippen LogP contribution in [-0.4, -0.2) is 12.0 Å². The number of carbonyl (C=O) groups is 1. The molecule has 0 amide bonds. The Morgan fingerprint density at radius 3 is 2.13 bits per heavy atom. The number of carbonyl (C=O) groups excluding carboxylic acids is 1. The van der Waals surface area contributed by atoms with E-state index in [-0.39, 0.29) is 11.6 Å². The lowest BCUT2D eigenvalue weighted by molar-refractivity contribution is -0.108. The summed E-state index contributed by atoms with van der Waals surface area (Å²) in [4.78, 5) is 11.1. The van der Waals surface area contributed by atoms with Crippen molar-refractivity contribution in [2.75, 3.05) is 0 Å². The van der Waals surface area contributed by atoms with Crippen LogP contribution in [0.2, 0.25) is 0 Å². The third-order valence-corrected chi connectivity index (χ3v) is 1.59. The van der Waals surface area contributed by atoms with Gasteiger partial charge in [0.1, 0.15) is 0 Å². The summed E-state index contributed by atoms with van der Waals surface area (Å²) in [6, 6.07) is 7.17. The summed E-state index contributed by atoms with van der Waals surface area (Å²) in [6.07, 6.45) is -5.17. The van der Waals surface area contributed by atoms with Crippen LogP contribution in [0, 0.1) is 0 Å². The van der Waals surface area contributed by atoms with Crippen molar-refractivity contribution in [1.82, 2.24) is 0 Å². The van der Waals surface area contributed by atoms with Crippen LogP contribution >= 0.6 is 0 Å². The minimum atomic E-state index is -5.11. The molecule has 0 aliphatic heterocycles. The molecule has 5 heteroatoms. The van der Waals surface area contributed by atoms with E-state index in [1.54, 1.807) is 6.07 Å². The van der Waals surface area contributed by atoms with E-state index in [2.05, 4.69) is 0 Å². The molecule has 0 N–H and O–H groups in total. The molecule has 0 aliphatic rings. The minimum absolute atomic E-state index is 0.0110. The van der Waals surface area contributed by atoms with Crippen molar-refractivity contribution in [2.24, 2.45) is 0 Å². The van der Waals surface area contributed by atoms with Crippen molar-refractivity contribution < 1.29 is 22.4 Å². The van der Waals surface area contributed by atoms with Crippen molar-refractivity contribution in [2.45, 2.75) is 6.18 Å². The van der Waals surface area contributed by atoms with E-state index in [0.717, 1.165) is 0 Å². The van der Waals surface area contributed by atoms with Gasteiger partial charge < -0.3 is 0 Å². The van der Waals surface area contributed by atoms with E-state index < -0.39 is 17.8 Å². The molecule has 0 heterocycles. The first-order valence-electron chi connectivity index (χ1n) is 3.95. The highest BCUT2D eigenvalue weighted by Gasteiger charge is 2.35. The molecule has 1 nitrogen and oxygen atoms in total. The van der Waals surface area contributed by atoms with Gasteiger partial charge in [-0.2, -0.15) is 13.2 Å². The fourth-order valence-corrected chi connectivity index (χ4v) is 0.883. The number of alkyl halides is 3. The van der Waals surface area contributed by atoms with Crippen molar-refractivity contribution in [3.05, 3.63) is 47.8 Å². The quantitative estimate of drug-likeness (QED) is 0.423. The van der Waals surface area contributed by atoms with Crippen LogP contribution < -0.4 is 0 Å². The Kier molecular flexibility index (Phi) is 3.24. The Hall–Kier alpha value is -1.65. The topological polar surface area (TPSA) is 17.1 Å². The summed E-state index contributed by atoms with van der Waals surface area (Å²) >= 11 is 0. The zero-order valence-electron chi connectivity index (χ0n) is 7.38. The number of rotatable bonds is 2. The van der Waals surface area contributed by atoms with Gasteiger partial charge in [0.2, 0.25) is 5.83 Å². The second-order valence-corrected chi connectivity index (χ2v) is 2.72. The molecule has 1 rings (SSSR count). The van der Waals surface area contributed by atoms with E-state index in [9.17, 15) is 22.4 Å². The summed E-state index contributed by atoms with van der Waals surface area (Å²) in [5.41, 5.74) is 0.0110.